The number of benzene rings is 2. The summed E-state index contributed by atoms with van der Waals surface area (Å²) in [6, 6.07) is 16.0. The molecule has 26 heavy (non-hydrogen) atoms. The molecule has 7 nitrogen and oxygen atoms in total. The van der Waals surface area contributed by atoms with Crippen molar-refractivity contribution in [3.8, 4) is 0 Å². The van der Waals surface area contributed by atoms with Gasteiger partial charge in [0, 0.05) is 10.1 Å². The van der Waals surface area contributed by atoms with Crippen molar-refractivity contribution >= 4 is 44.0 Å². The van der Waals surface area contributed by atoms with Gasteiger partial charge in [0.2, 0.25) is 0 Å². The highest BCUT2D eigenvalue weighted by molar-refractivity contribution is 7.20. The first-order valence-electron chi connectivity index (χ1n) is 7.70. The molecule has 0 aliphatic heterocycles. The predicted octanol–water partition coefficient (Wildman–Crippen LogP) is 2.21. The number of carbonyl (C=O) groups is 2. The summed E-state index contributed by atoms with van der Waals surface area (Å²) in [6.45, 7) is 0. The monoisotopic (exact) mass is 364 g/mol. The number of nitrogens with zero attached hydrogens (tertiary/aromatic N) is 1. The van der Waals surface area contributed by atoms with Crippen LogP contribution < -0.4 is 16.4 Å². The van der Waals surface area contributed by atoms with Crippen LogP contribution in [-0.2, 0) is 0 Å². The number of carbonyl (C=O) groups excluding carboxylic acids is 2. The summed E-state index contributed by atoms with van der Waals surface area (Å²) in [4.78, 5) is 36.9. The zero-order chi connectivity index (χ0) is 18.1. The Balaban J connectivity index is 1.55. The average Bonchev–Trinajstić information content (AvgIpc) is 3.11. The minimum Gasteiger partial charge on any atom is -0.267 e. The van der Waals surface area contributed by atoms with E-state index >= 15 is 0 Å². The maximum atomic E-state index is 12.4. The summed E-state index contributed by atoms with van der Waals surface area (Å²) in [6.07, 6.45) is 0. The highest BCUT2D eigenvalue weighted by atomic mass is 32.1. The Morgan fingerprint density at radius 1 is 0.923 bits per heavy atom. The minimum absolute atomic E-state index is 0.0249. The Kier molecular flexibility index (Phi) is 3.94. The van der Waals surface area contributed by atoms with E-state index in [1.54, 1.807) is 30.3 Å². The molecule has 0 fully saturated rings. The van der Waals surface area contributed by atoms with E-state index in [0.717, 1.165) is 10.1 Å². The summed E-state index contributed by atoms with van der Waals surface area (Å²) in [5, 5.41) is 7.80. The quantitative estimate of drug-likeness (QED) is 0.474. The lowest BCUT2D eigenvalue weighted by molar-refractivity contribution is 0.0846. The van der Waals surface area contributed by atoms with Gasteiger partial charge in [-0.25, -0.2) is 5.10 Å². The van der Waals surface area contributed by atoms with Gasteiger partial charge in [-0.1, -0.05) is 36.4 Å². The van der Waals surface area contributed by atoms with E-state index in [1.165, 1.54) is 11.3 Å². The van der Waals surface area contributed by atoms with E-state index in [2.05, 4.69) is 21.0 Å². The first-order chi connectivity index (χ1) is 12.6. The molecular formula is C18H12N4O3S. The number of amides is 2. The molecule has 0 saturated heterocycles. The Labute approximate surface area is 150 Å². The number of aromatic amines is 1. The normalized spacial score (nSPS) is 10.8. The van der Waals surface area contributed by atoms with Crippen LogP contribution in [0.3, 0.4) is 0 Å². The van der Waals surface area contributed by atoms with Crippen LogP contribution in [0.2, 0.25) is 0 Å². The zero-order valence-electron chi connectivity index (χ0n) is 13.3. The van der Waals surface area contributed by atoms with Crippen molar-refractivity contribution in [1.82, 2.24) is 21.0 Å². The van der Waals surface area contributed by atoms with Crippen molar-refractivity contribution in [2.75, 3.05) is 0 Å². The molecule has 2 amide bonds. The van der Waals surface area contributed by atoms with Crippen LogP contribution in [0.4, 0.5) is 0 Å². The SMILES string of the molecule is O=C(NNC(=O)c1n[nH]c(=O)c2ccccc12)c1cc2ccccc2s1. The summed E-state index contributed by atoms with van der Waals surface area (Å²) in [5.74, 6) is -1.04. The van der Waals surface area contributed by atoms with Gasteiger partial charge in [0.15, 0.2) is 5.69 Å². The second-order valence-electron chi connectivity index (χ2n) is 5.50. The van der Waals surface area contributed by atoms with Crippen LogP contribution in [0.15, 0.2) is 59.4 Å². The van der Waals surface area contributed by atoms with E-state index in [9.17, 15) is 14.4 Å². The number of hydrogen-bond donors (Lipinski definition) is 3. The standard InChI is InChI=1S/C18H12N4O3S/c23-16-12-7-3-2-6-11(12)15(19-20-16)18(25)22-21-17(24)14-9-10-5-1-4-8-13(10)26-14/h1-9H,(H,20,23)(H,21,24)(H,22,25). The lowest BCUT2D eigenvalue weighted by Crippen LogP contribution is -2.42. The first kappa shape index (κ1) is 16.0. The molecular weight excluding hydrogens is 352 g/mol. The molecule has 0 bridgehead atoms. The molecule has 0 saturated carbocycles. The fraction of sp³-hybridized carbons (Fsp3) is 0. The maximum Gasteiger partial charge on any atom is 0.290 e. The highest BCUT2D eigenvalue weighted by Gasteiger charge is 2.16. The van der Waals surface area contributed by atoms with Gasteiger partial charge in [0.05, 0.1) is 10.3 Å². The van der Waals surface area contributed by atoms with Gasteiger partial charge in [-0.15, -0.1) is 11.3 Å². The fourth-order valence-corrected chi connectivity index (χ4v) is 3.57. The third-order valence-electron chi connectivity index (χ3n) is 3.85. The summed E-state index contributed by atoms with van der Waals surface area (Å²) in [7, 11) is 0. The van der Waals surface area contributed by atoms with Crippen molar-refractivity contribution in [3.63, 3.8) is 0 Å². The van der Waals surface area contributed by atoms with E-state index < -0.39 is 11.8 Å². The predicted molar refractivity (Wildman–Crippen MR) is 99.1 cm³/mol. The maximum absolute atomic E-state index is 12.4. The van der Waals surface area contributed by atoms with Gasteiger partial charge in [0.25, 0.3) is 17.4 Å². The summed E-state index contributed by atoms with van der Waals surface area (Å²) >= 11 is 1.33. The second-order valence-corrected chi connectivity index (χ2v) is 6.59. The smallest absolute Gasteiger partial charge is 0.267 e. The minimum atomic E-state index is -0.619. The van der Waals surface area contributed by atoms with Crippen molar-refractivity contribution in [1.29, 1.82) is 0 Å². The van der Waals surface area contributed by atoms with E-state index in [-0.39, 0.29) is 11.3 Å². The molecule has 2 aromatic heterocycles. The molecule has 0 unspecified atom stereocenters. The van der Waals surface area contributed by atoms with Crippen LogP contribution in [0, 0.1) is 0 Å². The highest BCUT2D eigenvalue weighted by Crippen LogP contribution is 2.24. The molecule has 4 aromatic rings. The van der Waals surface area contributed by atoms with E-state index in [1.807, 2.05) is 24.3 Å². The van der Waals surface area contributed by atoms with Crippen molar-refractivity contribution in [2.24, 2.45) is 0 Å². The van der Waals surface area contributed by atoms with Crippen LogP contribution in [0.25, 0.3) is 20.9 Å². The number of nitrogens with one attached hydrogen (secondary N) is 3. The molecule has 0 aliphatic rings. The van der Waals surface area contributed by atoms with Crippen LogP contribution in [0.5, 0.6) is 0 Å². The third kappa shape index (κ3) is 2.82. The summed E-state index contributed by atoms with van der Waals surface area (Å²) < 4.78 is 0.984. The lowest BCUT2D eigenvalue weighted by atomic mass is 10.1. The second kappa shape index (κ2) is 6.41. The van der Waals surface area contributed by atoms with Crippen LogP contribution in [-0.4, -0.2) is 22.0 Å². The number of rotatable bonds is 2. The zero-order valence-corrected chi connectivity index (χ0v) is 14.1. The van der Waals surface area contributed by atoms with Gasteiger partial charge in [0.1, 0.15) is 0 Å². The molecule has 0 atom stereocenters. The molecule has 2 heterocycles. The van der Waals surface area contributed by atoms with Crippen LogP contribution >= 0.6 is 11.3 Å². The molecule has 0 radical (unpaired) electrons. The summed E-state index contributed by atoms with van der Waals surface area (Å²) in [5.41, 5.74) is 4.36. The van der Waals surface area contributed by atoms with Crippen molar-refractivity contribution in [3.05, 3.63) is 75.5 Å². The molecule has 8 heteroatoms. The molecule has 128 valence electrons. The van der Waals surface area contributed by atoms with E-state index in [0.29, 0.717) is 15.6 Å². The fourth-order valence-electron chi connectivity index (χ4n) is 2.62. The number of fused-ring (bicyclic) bond motifs is 2. The third-order valence-corrected chi connectivity index (χ3v) is 4.96. The first-order valence-corrected chi connectivity index (χ1v) is 8.52. The topological polar surface area (TPSA) is 104 Å². The molecule has 0 aliphatic carbocycles. The van der Waals surface area contributed by atoms with Crippen molar-refractivity contribution < 1.29 is 9.59 Å². The van der Waals surface area contributed by atoms with Gasteiger partial charge in [-0.05, 0) is 23.6 Å². The number of hydrogen-bond acceptors (Lipinski definition) is 5. The average molecular weight is 364 g/mol. The Bertz CT molecular complexity index is 1180. The van der Waals surface area contributed by atoms with E-state index in [4.69, 9.17) is 0 Å². The van der Waals surface area contributed by atoms with Crippen molar-refractivity contribution in [2.45, 2.75) is 0 Å². The Morgan fingerprint density at radius 2 is 1.62 bits per heavy atom. The Morgan fingerprint density at radius 3 is 2.42 bits per heavy atom. The lowest BCUT2D eigenvalue weighted by Gasteiger charge is -2.07. The molecule has 3 N–H and O–H groups in total. The number of H-pyrrole nitrogens is 1. The van der Waals surface area contributed by atoms with Gasteiger partial charge >= 0.3 is 0 Å². The number of hydrazine groups is 1. The Hall–Kier alpha value is -3.52. The largest absolute Gasteiger partial charge is 0.290 e. The van der Waals surface area contributed by atoms with Gasteiger partial charge in [-0.2, -0.15) is 5.10 Å². The number of aromatic nitrogens is 2. The number of thiophene rings is 1. The van der Waals surface area contributed by atoms with Gasteiger partial charge < -0.3 is 0 Å². The molecule has 2 aromatic carbocycles. The molecule has 0 spiro atoms. The van der Waals surface area contributed by atoms with Crippen LogP contribution in [0.1, 0.15) is 20.2 Å². The molecule has 4 rings (SSSR count). The van der Waals surface area contributed by atoms with Gasteiger partial charge in [-0.3, -0.25) is 25.2 Å².